The Morgan fingerprint density at radius 1 is 1.07 bits per heavy atom. The van der Waals surface area contributed by atoms with Crippen LogP contribution in [0.5, 0.6) is 11.5 Å². The Morgan fingerprint density at radius 3 is 2.37 bits per heavy atom. The molecule has 0 radical (unpaired) electrons. The zero-order chi connectivity index (χ0) is 19.9. The number of hydrogen-bond acceptors (Lipinski definition) is 5. The topological polar surface area (TPSA) is 115 Å². The minimum absolute atomic E-state index is 0.0405. The molecule has 138 valence electrons. The number of aromatic hydroxyl groups is 1. The first-order valence-corrected chi connectivity index (χ1v) is 8.37. The maximum atomic E-state index is 13.0. The number of aliphatic hydroxyl groups excluding tert-OH is 1. The normalized spacial score (nSPS) is 18.0. The van der Waals surface area contributed by atoms with Crippen molar-refractivity contribution >= 4 is 28.7 Å². The Morgan fingerprint density at radius 2 is 1.78 bits per heavy atom. The molecule has 3 rings (SSSR count). The molecule has 0 fully saturated rings. The van der Waals surface area contributed by atoms with E-state index in [1.165, 1.54) is 38.1 Å². The van der Waals surface area contributed by atoms with Gasteiger partial charge in [-0.15, -0.1) is 0 Å². The van der Waals surface area contributed by atoms with Crippen LogP contribution in [-0.2, 0) is 16.0 Å². The van der Waals surface area contributed by atoms with E-state index in [0.29, 0.717) is 16.7 Å². The highest BCUT2D eigenvalue weighted by molar-refractivity contribution is 6.33. The Labute approximate surface area is 155 Å². The van der Waals surface area contributed by atoms with E-state index in [-0.39, 0.29) is 40.6 Å². The van der Waals surface area contributed by atoms with Gasteiger partial charge >= 0.3 is 0 Å². The molecule has 27 heavy (non-hydrogen) atoms. The summed E-state index contributed by atoms with van der Waals surface area (Å²) in [5.74, 6) is -2.67. The molecule has 4 N–H and O–H groups in total. The van der Waals surface area contributed by atoms with Crippen LogP contribution in [-0.4, -0.2) is 32.7 Å². The minimum Gasteiger partial charge on any atom is -0.593 e. The molecule has 0 amide bonds. The lowest BCUT2D eigenvalue weighted by Gasteiger charge is -2.25. The van der Waals surface area contributed by atoms with Crippen LogP contribution in [0.3, 0.4) is 0 Å². The zero-order valence-electron chi connectivity index (χ0n) is 14.9. The highest BCUT2D eigenvalue weighted by atomic mass is 16.3. The van der Waals surface area contributed by atoms with Gasteiger partial charge in [-0.05, 0) is 43.5 Å². The number of allylic oxidation sites excluding steroid dienone is 1. The number of benzene rings is 2. The smallest absolute Gasteiger partial charge is 0.258 e. The van der Waals surface area contributed by atoms with Crippen LogP contribution in [0.15, 0.2) is 36.4 Å². The second-order valence-corrected chi connectivity index (χ2v) is 6.65. The number of phenolic OH excluding ortho intramolecular Hbond substituents is 1. The van der Waals surface area contributed by atoms with E-state index in [4.69, 9.17) is 5.11 Å². The highest BCUT2D eigenvalue weighted by Gasteiger charge is 2.36. The van der Waals surface area contributed by atoms with Crippen molar-refractivity contribution in [1.29, 1.82) is 0 Å². The molecule has 0 heterocycles. The highest BCUT2D eigenvalue weighted by Crippen LogP contribution is 2.38. The fraction of sp³-hybridized carbons (Fsp3) is 0.190. The average Bonchev–Trinajstić information content (AvgIpc) is 2.59. The predicted molar refractivity (Wildman–Crippen MR) is 99.9 cm³/mol. The molecule has 0 bridgehead atoms. The minimum atomic E-state index is -0.925. The van der Waals surface area contributed by atoms with E-state index in [2.05, 4.69) is 0 Å². The summed E-state index contributed by atoms with van der Waals surface area (Å²) in [6.45, 7) is 2.72. The van der Waals surface area contributed by atoms with Crippen molar-refractivity contribution in [2.24, 2.45) is 5.92 Å². The number of rotatable bonds is 3. The third-order valence-electron chi connectivity index (χ3n) is 4.69. The van der Waals surface area contributed by atoms with Gasteiger partial charge < -0.3 is 15.3 Å². The number of fused-ring (bicyclic) bond motifs is 1. The molecule has 0 saturated heterocycles. The summed E-state index contributed by atoms with van der Waals surface area (Å²) in [4.78, 5) is 36.7. The summed E-state index contributed by atoms with van der Waals surface area (Å²) in [6, 6.07) is 8.58. The van der Waals surface area contributed by atoms with Gasteiger partial charge in [0.1, 0.15) is 17.3 Å². The number of carbonyl (C=O) groups excluding carboxylic acids is 3. The summed E-state index contributed by atoms with van der Waals surface area (Å²) in [7, 11) is 0. The maximum Gasteiger partial charge on any atom is 0.258 e. The van der Waals surface area contributed by atoms with Gasteiger partial charge in [0.2, 0.25) is 0 Å². The Hall–Kier alpha value is -3.41. The van der Waals surface area contributed by atoms with E-state index in [0.717, 1.165) is 0 Å². The lowest BCUT2D eigenvalue weighted by atomic mass is 9.76. The predicted octanol–water partition coefficient (Wildman–Crippen LogP) is 2.79. The molecule has 0 spiro atoms. The lowest BCUT2D eigenvalue weighted by Crippen LogP contribution is -2.30. The number of Topliss-reactive ketones (excluding diaryl/α,β-unsaturated/α-hetero) is 3. The summed E-state index contributed by atoms with van der Waals surface area (Å²) >= 11 is 0. The zero-order valence-corrected chi connectivity index (χ0v) is 14.9. The van der Waals surface area contributed by atoms with E-state index < -0.39 is 17.5 Å². The molecule has 1 aliphatic carbocycles. The largest absolute Gasteiger partial charge is 0.593 e. The van der Waals surface area contributed by atoms with E-state index in [1.807, 2.05) is 0 Å². The van der Waals surface area contributed by atoms with Gasteiger partial charge in [0.05, 0.1) is 17.6 Å². The number of hydrogen-bond donors (Lipinski definition) is 2. The van der Waals surface area contributed by atoms with Gasteiger partial charge in [-0.3, -0.25) is 14.4 Å². The Bertz CT molecular complexity index is 995. The van der Waals surface area contributed by atoms with Crippen LogP contribution in [0.25, 0.3) is 11.3 Å². The fourth-order valence-corrected chi connectivity index (χ4v) is 3.29. The third kappa shape index (κ3) is 3.33. The number of aliphatic hydroxyl groups is 1. The second-order valence-electron chi connectivity index (χ2n) is 6.65. The van der Waals surface area contributed by atoms with Gasteiger partial charge in [-0.1, -0.05) is 12.1 Å². The molecule has 1 unspecified atom stereocenters. The first-order chi connectivity index (χ1) is 12.7. The van der Waals surface area contributed by atoms with E-state index >= 15 is 0 Å². The molecule has 2 aromatic rings. The molecule has 6 nitrogen and oxygen atoms in total. The van der Waals surface area contributed by atoms with Crippen LogP contribution in [0, 0.1) is 5.92 Å². The van der Waals surface area contributed by atoms with Crippen molar-refractivity contribution in [3.8, 4) is 11.5 Å². The third-order valence-corrected chi connectivity index (χ3v) is 4.69. The van der Waals surface area contributed by atoms with Crippen molar-refractivity contribution in [3.05, 3.63) is 58.7 Å². The van der Waals surface area contributed by atoms with Crippen molar-refractivity contribution in [2.75, 3.05) is 0 Å². The second kappa shape index (κ2) is 6.72. The summed E-state index contributed by atoms with van der Waals surface area (Å²) in [6.07, 6.45) is 0.197. The fourth-order valence-electron chi connectivity index (χ4n) is 3.29. The van der Waals surface area contributed by atoms with Crippen molar-refractivity contribution in [2.45, 2.75) is 20.3 Å². The van der Waals surface area contributed by atoms with Crippen LogP contribution < -0.4 is 0 Å². The first kappa shape index (κ1) is 18.4. The molecule has 1 aliphatic rings. The van der Waals surface area contributed by atoms with E-state index in [9.17, 15) is 24.6 Å². The lowest BCUT2D eigenvalue weighted by molar-refractivity contribution is -0.128. The molecule has 0 aromatic heterocycles. The van der Waals surface area contributed by atoms with Crippen molar-refractivity contribution in [3.63, 3.8) is 0 Å². The Balaban J connectivity index is 2.31. The molecule has 6 heteroatoms. The SMILES string of the molecule is CC(=O)c1ccc2c(c1)/C(=C(/O)c1cc(O)cc([OH2+])c1)C(=O)C(C(C)=O)C2. The van der Waals surface area contributed by atoms with Crippen molar-refractivity contribution < 1.29 is 29.7 Å². The van der Waals surface area contributed by atoms with Crippen LogP contribution in [0.1, 0.15) is 40.9 Å². The summed E-state index contributed by atoms with van der Waals surface area (Å²) in [5, 5.41) is 28.2. The van der Waals surface area contributed by atoms with Crippen molar-refractivity contribution in [1.82, 2.24) is 0 Å². The number of phenols is 1. The quantitative estimate of drug-likeness (QED) is 0.285. The average molecular weight is 367 g/mol. The van der Waals surface area contributed by atoms with Crippen LogP contribution in [0.4, 0.5) is 0 Å². The molecular weight excluding hydrogens is 348 g/mol. The van der Waals surface area contributed by atoms with Gasteiger partial charge in [0.25, 0.3) is 5.75 Å². The number of ketones is 3. The molecule has 1 atom stereocenters. The molecule has 2 aromatic carbocycles. The summed E-state index contributed by atoms with van der Waals surface area (Å²) < 4.78 is 0. The number of carbonyl (C=O) groups is 3. The molecule has 0 aliphatic heterocycles. The summed E-state index contributed by atoms with van der Waals surface area (Å²) in [5.41, 5.74) is 1.45. The first-order valence-electron chi connectivity index (χ1n) is 8.37. The standard InChI is InChI=1S/C21H18O6/c1-10(22)12-3-4-13-8-17(11(2)23)21(27)19(18(13)7-12)20(26)14-5-15(24)9-16(25)6-14/h3-7,9,17,24-26H,8H2,1-2H3/p+1/b20-19-. The maximum absolute atomic E-state index is 13.0. The molecule has 0 saturated carbocycles. The monoisotopic (exact) mass is 367 g/mol. The Kier molecular flexibility index (Phi) is 4.57. The van der Waals surface area contributed by atoms with Crippen LogP contribution in [0.2, 0.25) is 0 Å². The van der Waals surface area contributed by atoms with Gasteiger partial charge in [0, 0.05) is 17.2 Å². The van der Waals surface area contributed by atoms with Gasteiger partial charge in [0.15, 0.2) is 11.6 Å². The van der Waals surface area contributed by atoms with E-state index in [1.54, 1.807) is 12.1 Å². The molecular formula is C21H19O6+. The van der Waals surface area contributed by atoms with Gasteiger partial charge in [-0.25, -0.2) is 0 Å². The van der Waals surface area contributed by atoms with Gasteiger partial charge in [-0.2, -0.15) is 0 Å². The van der Waals surface area contributed by atoms with Crippen LogP contribution >= 0.6 is 0 Å².